The van der Waals surface area contributed by atoms with Crippen molar-refractivity contribution in [2.45, 2.75) is 95.7 Å². The summed E-state index contributed by atoms with van der Waals surface area (Å²) < 4.78 is 18.2. The minimum Gasteiger partial charge on any atom is -0.480 e. The predicted molar refractivity (Wildman–Crippen MR) is 125 cm³/mol. The zero-order chi connectivity index (χ0) is 25.4. The van der Waals surface area contributed by atoms with E-state index in [9.17, 15) is 19.5 Å². The van der Waals surface area contributed by atoms with Crippen LogP contribution in [0, 0.1) is 23.7 Å². The predicted octanol–water partition coefficient (Wildman–Crippen LogP) is 2.84. The molecule has 10 nitrogen and oxygen atoms in total. The van der Waals surface area contributed by atoms with Crippen LogP contribution >= 0.6 is 11.8 Å². The number of carboxylic acids is 1. The number of carboxylic acid groups (broad SMARTS) is 1. The molecular weight excluding hydrogens is 478 g/mol. The molecule has 1 spiro atoms. The molecule has 1 amide bonds. The van der Waals surface area contributed by atoms with Crippen LogP contribution in [0.3, 0.4) is 0 Å². The molecule has 4 saturated heterocycles. The molecule has 5 fully saturated rings. The quantitative estimate of drug-likeness (QED) is 0.349. The molecule has 4 heterocycles. The van der Waals surface area contributed by atoms with Crippen molar-refractivity contribution in [2.75, 3.05) is 12.0 Å². The fraction of sp³-hybridized carbons (Fsp3) is 0.875. The lowest BCUT2D eigenvalue weighted by atomic mass is 9.58. The molecule has 2 bridgehead atoms. The Bertz CT molecular complexity index is 827. The van der Waals surface area contributed by atoms with Crippen LogP contribution in [-0.2, 0) is 38.4 Å². The Kier molecular flexibility index (Phi) is 8.02. The first-order valence-electron chi connectivity index (χ1n) is 12.5. The van der Waals surface area contributed by atoms with Gasteiger partial charge in [0, 0.05) is 24.7 Å². The van der Waals surface area contributed by atoms with Crippen LogP contribution in [0.5, 0.6) is 0 Å². The summed E-state index contributed by atoms with van der Waals surface area (Å²) in [5, 5.41) is 11.8. The number of amides is 1. The van der Waals surface area contributed by atoms with Crippen molar-refractivity contribution in [3.63, 3.8) is 0 Å². The molecule has 0 aromatic rings. The summed E-state index contributed by atoms with van der Waals surface area (Å²) in [5.41, 5.74) is -0.738. The summed E-state index contributed by atoms with van der Waals surface area (Å²) in [6.07, 6.45) is 3.82. The number of nitrogens with one attached hydrogen (secondary N) is 1. The van der Waals surface area contributed by atoms with E-state index < -0.39 is 47.9 Å². The van der Waals surface area contributed by atoms with E-state index >= 15 is 0 Å². The Morgan fingerprint density at radius 3 is 2.63 bits per heavy atom. The second-order valence-electron chi connectivity index (χ2n) is 10.5. The van der Waals surface area contributed by atoms with Crippen LogP contribution in [0.2, 0.25) is 0 Å². The molecule has 2 N–H and O–H groups in total. The van der Waals surface area contributed by atoms with E-state index in [4.69, 9.17) is 24.0 Å². The Morgan fingerprint density at radius 1 is 1.14 bits per heavy atom. The Morgan fingerprint density at radius 2 is 1.91 bits per heavy atom. The molecule has 0 aromatic heterocycles. The van der Waals surface area contributed by atoms with Gasteiger partial charge in [0.1, 0.15) is 6.04 Å². The lowest BCUT2D eigenvalue weighted by Crippen LogP contribution is -2.70. The number of carbonyl (C=O) groups is 3. The van der Waals surface area contributed by atoms with E-state index in [1.54, 1.807) is 0 Å². The molecule has 11 heteroatoms. The van der Waals surface area contributed by atoms with Crippen molar-refractivity contribution in [1.82, 2.24) is 5.32 Å². The number of hydrogen-bond acceptors (Lipinski definition) is 9. The van der Waals surface area contributed by atoms with E-state index in [1.165, 1.54) is 11.8 Å². The summed E-state index contributed by atoms with van der Waals surface area (Å²) in [7, 11) is 0. The molecular formula is C24H37NO9S. The molecule has 0 aromatic carbocycles. The van der Waals surface area contributed by atoms with E-state index in [-0.39, 0.29) is 30.6 Å². The maximum absolute atomic E-state index is 12.6. The van der Waals surface area contributed by atoms with Gasteiger partial charge in [0.05, 0.1) is 6.42 Å². The summed E-state index contributed by atoms with van der Waals surface area (Å²) in [5.74, 6) is -1.96. The van der Waals surface area contributed by atoms with Crippen molar-refractivity contribution >= 4 is 29.6 Å². The van der Waals surface area contributed by atoms with Gasteiger partial charge in [-0.1, -0.05) is 13.8 Å². The first kappa shape index (κ1) is 26.7. The van der Waals surface area contributed by atoms with Gasteiger partial charge in [-0.05, 0) is 56.5 Å². The number of fused-ring (bicyclic) bond motifs is 2. The third-order valence-electron chi connectivity index (χ3n) is 8.14. The average molecular weight is 516 g/mol. The number of thioether (sulfide) groups is 1. The van der Waals surface area contributed by atoms with Crippen LogP contribution < -0.4 is 5.32 Å². The fourth-order valence-corrected chi connectivity index (χ4v) is 6.64. The van der Waals surface area contributed by atoms with Crippen molar-refractivity contribution in [2.24, 2.45) is 23.7 Å². The van der Waals surface area contributed by atoms with Crippen LogP contribution in [0.4, 0.5) is 0 Å². The average Bonchev–Trinajstić information content (AvgIpc) is 3.04. The van der Waals surface area contributed by atoms with Crippen molar-refractivity contribution in [3.8, 4) is 0 Å². The van der Waals surface area contributed by atoms with Crippen LogP contribution in [0.15, 0.2) is 0 Å². The zero-order valence-electron chi connectivity index (χ0n) is 20.8. The van der Waals surface area contributed by atoms with Gasteiger partial charge in [-0.15, -0.1) is 0 Å². The second kappa shape index (κ2) is 10.5. The second-order valence-corrected chi connectivity index (χ2v) is 11.5. The lowest BCUT2D eigenvalue weighted by molar-refractivity contribution is -0.576. The molecule has 1 aliphatic carbocycles. The van der Waals surface area contributed by atoms with Gasteiger partial charge in [0.15, 0.2) is 11.9 Å². The van der Waals surface area contributed by atoms with E-state index in [2.05, 4.69) is 12.2 Å². The van der Waals surface area contributed by atoms with Crippen molar-refractivity contribution in [3.05, 3.63) is 0 Å². The highest BCUT2D eigenvalue weighted by Gasteiger charge is 2.69. The summed E-state index contributed by atoms with van der Waals surface area (Å²) >= 11 is 1.50. The van der Waals surface area contributed by atoms with Crippen LogP contribution in [-0.4, -0.2) is 65.0 Å². The Labute approximate surface area is 210 Å². The van der Waals surface area contributed by atoms with Gasteiger partial charge in [-0.2, -0.15) is 11.8 Å². The maximum Gasteiger partial charge on any atom is 0.326 e. The minimum absolute atomic E-state index is 0.0268. The van der Waals surface area contributed by atoms with Crippen molar-refractivity contribution in [1.29, 1.82) is 0 Å². The van der Waals surface area contributed by atoms with Crippen molar-refractivity contribution < 1.29 is 43.5 Å². The number of hydrogen-bond donors (Lipinski definition) is 2. The molecule has 35 heavy (non-hydrogen) atoms. The van der Waals surface area contributed by atoms with Gasteiger partial charge in [0.2, 0.25) is 18.0 Å². The summed E-state index contributed by atoms with van der Waals surface area (Å²) in [4.78, 5) is 48.1. The number of rotatable bonds is 9. The van der Waals surface area contributed by atoms with Crippen LogP contribution in [0.1, 0.15) is 65.7 Å². The largest absolute Gasteiger partial charge is 0.480 e. The number of esters is 1. The maximum atomic E-state index is 12.6. The highest BCUT2D eigenvalue weighted by atomic mass is 32.2. The number of ether oxygens (including phenoxy) is 3. The molecule has 0 radical (unpaired) electrons. The molecule has 1 saturated carbocycles. The molecule has 5 aliphatic rings. The fourth-order valence-electron chi connectivity index (χ4n) is 6.17. The van der Waals surface area contributed by atoms with Crippen LogP contribution in [0.25, 0.3) is 0 Å². The van der Waals surface area contributed by atoms with E-state index in [0.29, 0.717) is 24.5 Å². The smallest absolute Gasteiger partial charge is 0.326 e. The Balaban J connectivity index is 1.37. The number of carbonyl (C=O) groups excluding carboxylic acids is 2. The highest BCUT2D eigenvalue weighted by Crippen LogP contribution is 2.60. The van der Waals surface area contributed by atoms with E-state index in [1.807, 2.05) is 20.1 Å². The summed E-state index contributed by atoms with van der Waals surface area (Å²) in [6, 6.07) is -0.975. The molecule has 198 valence electrons. The molecule has 4 aliphatic heterocycles. The molecule has 0 unspecified atom stereocenters. The summed E-state index contributed by atoms with van der Waals surface area (Å²) in [6.45, 7) is 6.05. The zero-order valence-corrected chi connectivity index (χ0v) is 21.6. The van der Waals surface area contributed by atoms with Gasteiger partial charge in [-0.25, -0.2) is 14.6 Å². The first-order valence-corrected chi connectivity index (χ1v) is 13.9. The Hall–Kier alpha value is -1.40. The normalized spacial score (nSPS) is 40.8. The highest BCUT2D eigenvalue weighted by molar-refractivity contribution is 7.98. The van der Waals surface area contributed by atoms with E-state index in [0.717, 1.165) is 19.3 Å². The molecule has 9 atom stereocenters. The van der Waals surface area contributed by atoms with Gasteiger partial charge >= 0.3 is 11.9 Å². The molecule has 5 rings (SSSR count). The monoisotopic (exact) mass is 515 g/mol. The first-order chi connectivity index (χ1) is 16.6. The van der Waals surface area contributed by atoms with Gasteiger partial charge < -0.3 is 24.6 Å². The van der Waals surface area contributed by atoms with Gasteiger partial charge in [0.25, 0.3) is 0 Å². The minimum atomic E-state index is -1.09. The topological polar surface area (TPSA) is 130 Å². The van der Waals surface area contributed by atoms with Gasteiger partial charge in [-0.3, -0.25) is 9.59 Å². The SMILES string of the molecule is CSCC[C@H](NC(=O)CCC(=O)O[C@@H]1O[C@@H]2O[C@@]3(C)CC[C@H]4[C@H](C)CC[C@@H]([C@H]1C)[C@]24OO3)C(=O)O. The third kappa shape index (κ3) is 5.20. The standard InChI is InChI=1S/C24H37NO9S/c1-13-5-6-16-14(2)21(31-22-24(16)15(13)9-11-23(3,32-22)33-34-24)30-19(27)8-7-18(26)25-17(20(28)29)10-12-35-4/h13-17,21-22H,5-12H2,1-4H3,(H,25,26)(H,28,29)/t13-,14-,15+,16+,17+,21-,22-,23-,24+/m1/s1. The third-order valence-corrected chi connectivity index (χ3v) is 8.79. The number of aliphatic carboxylic acids is 1. The lowest BCUT2D eigenvalue weighted by Gasteiger charge is -2.59.